The lowest BCUT2D eigenvalue weighted by Crippen LogP contribution is -2.59. The van der Waals surface area contributed by atoms with Gasteiger partial charge in [0, 0.05) is 56.6 Å². The highest BCUT2D eigenvalue weighted by atomic mass is 35.7. The maximum atomic E-state index is 13.5. The molecule has 3 aliphatic heterocycles. The van der Waals surface area contributed by atoms with Crippen molar-refractivity contribution in [1.29, 1.82) is 0 Å². The molecule has 13 heteroatoms. The van der Waals surface area contributed by atoms with Crippen LogP contribution in [0.25, 0.3) is 0 Å². The average molecular weight is 733 g/mol. The molecule has 3 fully saturated rings. The normalized spacial score (nSPS) is 24.3. The molecular formula is C38H44ClN5O6P+. The maximum absolute atomic E-state index is 13.5. The molecule has 3 aliphatic rings. The van der Waals surface area contributed by atoms with Crippen LogP contribution in [0.15, 0.2) is 107 Å². The van der Waals surface area contributed by atoms with E-state index in [0.29, 0.717) is 50.9 Å². The van der Waals surface area contributed by atoms with Crippen LogP contribution in [0.5, 0.6) is 0 Å². The number of H-pyrrole nitrogens is 1. The lowest BCUT2D eigenvalue weighted by molar-refractivity contribution is -0.171. The van der Waals surface area contributed by atoms with E-state index in [4.69, 9.17) is 25.3 Å². The Bertz CT molecular complexity index is 1800. The van der Waals surface area contributed by atoms with Gasteiger partial charge in [0.15, 0.2) is 6.23 Å². The standard InChI is InChI=1S/C38H43ClN5O6P/c1-28-25-43(37(46)40-36(28)45)35-27-42(38(29-11-5-2-6-12-29,30-13-7-3-8-14-30)31-15-9-4-10-16-31)26-34(49-35)24-33-23-32(41-19-21-48-22-20-41)17-18-44(33)50-51(39)47/h2-16,25,32-35H,17-24,26-27H2,1H3/p+1. The first kappa shape index (κ1) is 35.9. The van der Waals surface area contributed by atoms with Crippen molar-refractivity contribution in [3.63, 3.8) is 0 Å². The number of aromatic amines is 1. The number of aryl methyl sites for hydroxylation is 1. The first-order valence-corrected chi connectivity index (χ1v) is 19.7. The highest BCUT2D eigenvalue weighted by Crippen LogP contribution is 2.45. The zero-order valence-corrected chi connectivity index (χ0v) is 30.3. The molecule has 5 atom stereocenters. The SMILES string of the molecule is Cc1cn(C2CN(C(c3ccccc3)(c3ccccc3)c3ccccc3)CC(CC3CC(N4CCOCC4)CCN3O[P+](=O)Cl)O2)c(=O)[nH]c1=O. The van der Waals surface area contributed by atoms with Crippen molar-refractivity contribution >= 4 is 18.6 Å². The van der Waals surface area contributed by atoms with Crippen molar-refractivity contribution in [2.45, 2.75) is 56.1 Å². The fourth-order valence-electron chi connectivity index (χ4n) is 8.25. The molecule has 0 amide bonds. The molecule has 0 aliphatic carbocycles. The van der Waals surface area contributed by atoms with Crippen LogP contribution in [0, 0.1) is 6.92 Å². The molecule has 4 aromatic rings. The van der Waals surface area contributed by atoms with Gasteiger partial charge < -0.3 is 9.47 Å². The van der Waals surface area contributed by atoms with Crippen molar-refractivity contribution in [2.24, 2.45) is 0 Å². The number of hydrogen-bond acceptors (Lipinski definition) is 9. The van der Waals surface area contributed by atoms with E-state index in [-0.39, 0.29) is 6.04 Å². The monoisotopic (exact) mass is 732 g/mol. The fraction of sp³-hybridized carbons (Fsp3) is 0.421. The largest absolute Gasteiger partial charge is 0.652 e. The Balaban J connectivity index is 1.34. The van der Waals surface area contributed by atoms with Crippen LogP contribution in [0.1, 0.15) is 47.7 Å². The summed E-state index contributed by atoms with van der Waals surface area (Å²) in [5.74, 6) is 0. The van der Waals surface area contributed by atoms with E-state index < -0.39 is 36.5 Å². The van der Waals surface area contributed by atoms with E-state index in [1.165, 1.54) is 4.57 Å². The van der Waals surface area contributed by atoms with Gasteiger partial charge in [-0.15, -0.1) is 5.06 Å². The van der Waals surface area contributed by atoms with Gasteiger partial charge in [-0.1, -0.05) is 91.0 Å². The molecule has 1 aromatic heterocycles. The number of morpholine rings is 2. The number of aromatic nitrogens is 2. The quantitative estimate of drug-likeness (QED) is 0.169. The van der Waals surface area contributed by atoms with E-state index >= 15 is 0 Å². The number of nitrogens with zero attached hydrogens (tertiary/aromatic N) is 4. The number of piperidine rings is 1. The highest BCUT2D eigenvalue weighted by molar-refractivity contribution is 7.69. The lowest BCUT2D eigenvalue weighted by Gasteiger charge is -2.51. The fourth-order valence-corrected chi connectivity index (χ4v) is 8.87. The van der Waals surface area contributed by atoms with Crippen LogP contribution in [-0.4, -0.2) is 88.5 Å². The molecule has 3 saturated heterocycles. The summed E-state index contributed by atoms with van der Waals surface area (Å²) in [7, 11) is -2.39. The van der Waals surface area contributed by atoms with Gasteiger partial charge in [-0.2, -0.15) is 0 Å². The van der Waals surface area contributed by atoms with Crippen molar-refractivity contribution in [2.75, 3.05) is 45.9 Å². The summed E-state index contributed by atoms with van der Waals surface area (Å²) in [6.07, 6.45) is 2.60. The van der Waals surface area contributed by atoms with Crippen LogP contribution < -0.4 is 11.2 Å². The molecule has 11 nitrogen and oxygen atoms in total. The van der Waals surface area contributed by atoms with E-state index in [9.17, 15) is 14.2 Å². The molecule has 0 saturated carbocycles. The van der Waals surface area contributed by atoms with Crippen LogP contribution in [0.4, 0.5) is 0 Å². The summed E-state index contributed by atoms with van der Waals surface area (Å²) >= 11 is 5.95. The minimum Gasteiger partial charge on any atom is -0.379 e. The van der Waals surface area contributed by atoms with Crippen molar-refractivity contribution in [3.8, 4) is 0 Å². The van der Waals surface area contributed by atoms with Gasteiger partial charge in [-0.05, 0) is 52.1 Å². The Labute approximate surface area is 303 Å². The summed E-state index contributed by atoms with van der Waals surface area (Å²) in [6, 6.07) is 31.4. The van der Waals surface area contributed by atoms with Crippen LogP contribution >= 0.6 is 18.6 Å². The minimum atomic E-state index is -2.39. The second kappa shape index (κ2) is 16.0. The van der Waals surface area contributed by atoms with Gasteiger partial charge in [-0.3, -0.25) is 24.1 Å². The van der Waals surface area contributed by atoms with Crippen LogP contribution in [0.2, 0.25) is 0 Å². The number of ether oxygens (including phenoxy) is 2. The molecule has 1 N–H and O–H groups in total. The van der Waals surface area contributed by atoms with Crippen LogP contribution in [-0.2, 0) is 24.2 Å². The minimum absolute atomic E-state index is 0.163. The number of nitrogens with one attached hydrogen (secondary N) is 1. The van der Waals surface area contributed by atoms with Gasteiger partial charge >= 0.3 is 13.1 Å². The van der Waals surface area contributed by atoms with Gasteiger partial charge in [0.1, 0.15) is 0 Å². The Hall–Kier alpha value is -3.51. The third-order valence-electron chi connectivity index (χ3n) is 10.6. The zero-order valence-electron chi connectivity index (χ0n) is 28.7. The third kappa shape index (κ3) is 7.68. The number of hydrogen-bond donors (Lipinski definition) is 1. The van der Waals surface area contributed by atoms with Gasteiger partial charge in [-0.25, -0.2) is 4.79 Å². The van der Waals surface area contributed by atoms with E-state index in [0.717, 1.165) is 42.6 Å². The summed E-state index contributed by atoms with van der Waals surface area (Å²) < 4.78 is 32.0. The van der Waals surface area contributed by atoms with Gasteiger partial charge in [0.2, 0.25) is 11.2 Å². The highest BCUT2D eigenvalue weighted by Gasteiger charge is 2.48. The smallest absolute Gasteiger partial charge is 0.379 e. The molecule has 0 bridgehead atoms. The summed E-state index contributed by atoms with van der Waals surface area (Å²) in [5.41, 5.74) is 1.90. The summed E-state index contributed by atoms with van der Waals surface area (Å²) in [5, 5.41) is 1.77. The summed E-state index contributed by atoms with van der Waals surface area (Å²) in [4.78, 5) is 33.3. The number of rotatable bonds is 10. The molecule has 7 rings (SSSR count). The lowest BCUT2D eigenvalue weighted by atomic mass is 9.75. The molecule has 0 spiro atoms. The molecule has 4 heterocycles. The van der Waals surface area contributed by atoms with E-state index in [2.05, 4.69) is 87.6 Å². The predicted molar refractivity (Wildman–Crippen MR) is 196 cm³/mol. The Morgan fingerprint density at radius 1 is 0.882 bits per heavy atom. The molecule has 3 aromatic carbocycles. The first-order chi connectivity index (χ1) is 24.8. The van der Waals surface area contributed by atoms with Crippen molar-refractivity contribution in [1.82, 2.24) is 24.4 Å². The predicted octanol–water partition coefficient (Wildman–Crippen LogP) is 5.42. The number of halogens is 1. The van der Waals surface area contributed by atoms with Crippen molar-refractivity contribution in [3.05, 3.63) is 140 Å². The first-order valence-electron chi connectivity index (χ1n) is 17.6. The van der Waals surface area contributed by atoms with E-state index in [1.54, 1.807) is 18.2 Å². The van der Waals surface area contributed by atoms with E-state index in [1.807, 2.05) is 18.2 Å². The van der Waals surface area contributed by atoms with Gasteiger partial charge in [0.05, 0.1) is 24.9 Å². The molecule has 0 radical (unpaired) electrons. The maximum Gasteiger partial charge on any atom is 0.652 e. The van der Waals surface area contributed by atoms with Crippen molar-refractivity contribution < 1.29 is 18.7 Å². The Morgan fingerprint density at radius 2 is 1.47 bits per heavy atom. The third-order valence-corrected chi connectivity index (χ3v) is 11.1. The second-order valence-electron chi connectivity index (χ2n) is 13.6. The Morgan fingerprint density at radius 3 is 2.04 bits per heavy atom. The average Bonchev–Trinajstić information content (AvgIpc) is 3.15. The molecule has 268 valence electrons. The Kier molecular flexibility index (Phi) is 11.3. The second-order valence-corrected chi connectivity index (χ2v) is 15.0. The zero-order chi connectivity index (χ0) is 35.4. The molecule has 5 unspecified atom stereocenters. The number of benzene rings is 3. The topological polar surface area (TPSA) is 109 Å². The number of hydroxylamine groups is 2. The molecule has 51 heavy (non-hydrogen) atoms. The van der Waals surface area contributed by atoms with Crippen LogP contribution in [0.3, 0.4) is 0 Å². The summed E-state index contributed by atoms with van der Waals surface area (Å²) in [6.45, 7) is 6.23. The van der Waals surface area contributed by atoms with Gasteiger partial charge in [0.25, 0.3) is 5.56 Å². The molecular weight excluding hydrogens is 689 g/mol.